The third kappa shape index (κ3) is 2.57. The average molecular weight is 264 g/mol. The minimum atomic E-state index is 0.465. The van der Waals surface area contributed by atoms with Gasteiger partial charge in [-0.3, -0.25) is 4.68 Å². The van der Waals surface area contributed by atoms with E-state index in [1.165, 1.54) is 0 Å². The number of nitrogens with zero attached hydrogens (tertiary/aromatic N) is 2. The molecule has 0 aliphatic rings. The highest BCUT2D eigenvalue weighted by molar-refractivity contribution is 6.31. The van der Waals surface area contributed by atoms with Gasteiger partial charge in [0.2, 0.25) is 0 Å². The minimum Gasteiger partial charge on any atom is -0.326 e. The summed E-state index contributed by atoms with van der Waals surface area (Å²) in [4.78, 5) is 0. The third-order valence-electron chi connectivity index (χ3n) is 2.98. The van der Waals surface area contributed by atoms with Crippen molar-refractivity contribution in [2.45, 2.75) is 33.4 Å². The molecule has 0 saturated carbocycles. The summed E-state index contributed by atoms with van der Waals surface area (Å²) in [5.74, 6) is 0. The first-order valence-corrected chi connectivity index (χ1v) is 6.56. The maximum atomic E-state index is 6.19. The summed E-state index contributed by atoms with van der Waals surface area (Å²) in [5.41, 5.74) is 9.84. The summed E-state index contributed by atoms with van der Waals surface area (Å²) < 4.78 is 1.98. The van der Waals surface area contributed by atoms with Gasteiger partial charge in [-0.15, -0.1) is 0 Å². The fraction of sp³-hybridized carbons (Fsp3) is 0.357. The second-order valence-corrected chi connectivity index (χ2v) is 4.81. The van der Waals surface area contributed by atoms with E-state index in [9.17, 15) is 0 Å². The molecule has 2 N–H and O–H groups in total. The van der Waals surface area contributed by atoms with Crippen LogP contribution >= 0.6 is 11.6 Å². The van der Waals surface area contributed by atoms with Gasteiger partial charge >= 0.3 is 0 Å². The maximum absolute atomic E-state index is 6.19. The van der Waals surface area contributed by atoms with Crippen LogP contribution < -0.4 is 5.73 Å². The zero-order valence-corrected chi connectivity index (χ0v) is 11.5. The fourth-order valence-electron chi connectivity index (χ4n) is 2.03. The van der Waals surface area contributed by atoms with Gasteiger partial charge in [0.25, 0.3) is 0 Å². The quantitative estimate of drug-likeness (QED) is 0.919. The summed E-state index contributed by atoms with van der Waals surface area (Å²) in [6.45, 7) is 5.57. The lowest BCUT2D eigenvalue weighted by Crippen LogP contribution is -1.97. The second kappa shape index (κ2) is 5.55. The summed E-state index contributed by atoms with van der Waals surface area (Å²) in [5, 5.41) is 5.22. The predicted molar refractivity (Wildman–Crippen MR) is 75.6 cm³/mol. The highest BCUT2D eigenvalue weighted by Crippen LogP contribution is 2.27. The Labute approximate surface area is 113 Å². The molecular formula is C14H18ClN3. The van der Waals surface area contributed by atoms with Crippen LogP contribution in [0, 0.1) is 6.92 Å². The molecule has 0 aliphatic carbocycles. The molecule has 0 unspecified atom stereocenters. The zero-order valence-electron chi connectivity index (χ0n) is 10.8. The monoisotopic (exact) mass is 263 g/mol. The van der Waals surface area contributed by atoms with Crippen LogP contribution in [0.5, 0.6) is 0 Å². The fourth-order valence-corrected chi connectivity index (χ4v) is 2.28. The van der Waals surface area contributed by atoms with Gasteiger partial charge in [0.1, 0.15) is 0 Å². The Kier molecular flexibility index (Phi) is 4.04. The Morgan fingerprint density at radius 3 is 2.78 bits per heavy atom. The number of hydrogen-bond donors (Lipinski definition) is 1. The zero-order chi connectivity index (χ0) is 13.1. The third-order valence-corrected chi connectivity index (χ3v) is 3.33. The van der Waals surface area contributed by atoms with E-state index in [1.807, 2.05) is 29.8 Å². The van der Waals surface area contributed by atoms with Crippen LogP contribution in [-0.2, 0) is 13.1 Å². The first-order chi connectivity index (χ1) is 8.65. The van der Waals surface area contributed by atoms with Crippen molar-refractivity contribution in [1.29, 1.82) is 0 Å². The summed E-state index contributed by atoms with van der Waals surface area (Å²) in [7, 11) is 0. The van der Waals surface area contributed by atoms with Crippen LogP contribution in [0.25, 0.3) is 11.1 Å². The van der Waals surface area contributed by atoms with E-state index >= 15 is 0 Å². The smallest absolute Gasteiger partial charge is 0.0672 e. The number of aryl methyl sites for hydroxylation is 2. The SMILES string of the molecule is CCCn1cc(-c2ccc(CN)c(Cl)c2)c(C)n1. The first kappa shape index (κ1) is 13.1. The van der Waals surface area contributed by atoms with Crippen LogP contribution in [0.3, 0.4) is 0 Å². The van der Waals surface area contributed by atoms with Gasteiger partial charge in [0, 0.05) is 29.9 Å². The lowest BCUT2D eigenvalue weighted by Gasteiger charge is -2.04. The Bertz CT molecular complexity index is 546. The van der Waals surface area contributed by atoms with Gasteiger partial charge in [0.05, 0.1) is 5.69 Å². The number of nitrogens with two attached hydrogens (primary N) is 1. The van der Waals surface area contributed by atoms with Crippen LogP contribution in [0.15, 0.2) is 24.4 Å². The van der Waals surface area contributed by atoms with Crippen molar-refractivity contribution in [3.05, 3.63) is 40.7 Å². The van der Waals surface area contributed by atoms with Gasteiger partial charge in [-0.05, 0) is 30.5 Å². The highest BCUT2D eigenvalue weighted by atomic mass is 35.5. The van der Waals surface area contributed by atoms with Crippen LogP contribution in [0.1, 0.15) is 24.6 Å². The van der Waals surface area contributed by atoms with Crippen LogP contribution in [0.2, 0.25) is 5.02 Å². The minimum absolute atomic E-state index is 0.465. The molecule has 1 aromatic carbocycles. The van der Waals surface area contributed by atoms with Gasteiger partial charge in [0.15, 0.2) is 0 Å². The van der Waals surface area contributed by atoms with Gasteiger partial charge < -0.3 is 5.73 Å². The van der Waals surface area contributed by atoms with E-state index < -0.39 is 0 Å². The van der Waals surface area contributed by atoms with Crippen molar-refractivity contribution in [2.24, 2.45) is 5.73 Å². The van der Waals surface area contributed by atoms with Crippen molar-refractivity contribution in [1.82, 2.24) is 9.78 Å². The average Bonchev–Trinajstić information content (AvgIpc) is 2.71. The molecule has 96 valence electrons. The van der Waals surface area contributed by atoms with E-state index in [1.54, 1.807) is 0 Å². The normalized spacial score (nSPS) is 10.9. The van der Waals surface area contributed by atoms with E-state index in [4.69, 9.17) is 17.3 Å². The number of aromatic nitrogens is 2. The first-order valence-electron chi connectivity index (χ1n) is 6.18. The number of halogens is 1. The largest absolute Gasteiger partial charge is 0.326 e. The molecule has 4 heteroatoms. The molecule has 0 spiro atoms. The lowest BCUT2D eigenvalue weighted by atomic mass is 10.0. The van der Waals surface area contributed by atoms with E-state index in [2.05, 4.69) is 18.2 Å². The molecule has 18 heavy (non-hydrogen) atoms. The number of rotatable bonds is 4. The highest BCUT2D eigenvalue weighted by Gasteiger charge is 2.09. The van der Waals surface area contributed by atoms with Crippen LogP contribution in [-0.4, -0.2) is 9.78 Å². The molecule has 2 aromatic rings. The van der Waals surface area contributed by atoms with Gasteiger partial charge in [-0.25, -0.2) is 0 Å². The van der Waals surface area contributed by atoms with Crippen molar-refractivity contribution < 1.29 is 0 Å². The molecule has 0 bridgehead atoms. The predicted octanol–water partition coefficient (Wildman–Crippen LogP) is 3.38. The molecule has 0 amide bonds. The van der Waals surface area contributed by atoms with E-state index in [0.29, 0.717) is 6.54 Å². The Hall–Kier alpha value is -1.32. The second-order valence-electron chi connectivity index (χ2n) is 4.40. The molecular weight excluding hydrogens is 246 g/mol. The van der Waals surface area contributed by atoms with E-state index in [0.717, 1.165) is 40.4 Å². The molecule has 1 aromatic heterocycles. The molecule has 3 nitrogen and oxygen atoms in total. The lowest BCUT2D eigenvalue weighted by molar-refractivity contribution is 0.598. The van der Waals surface area contributed by atoms with Crippen LogP contribution in [0.4, 0.5) is 0 Å². The van der Waals surface area contributed by atoms with E-state index in [-0.39, 0.29) is 0 Å². The number of benzene rings is 1. The molecule has 0 radical (unpaired) electrons. The maximum Gasteiger partial charge on any atom is 0.0672 e. The summed E-state index contributed by atoms with van der Waals surface area (Å²) in [6, 6.07) is 5.99. The Balaban J connectivity index is 2.39. The molecule has 0 fully saturated rings. The summed E-state index contributed by atoms with van der Waals surface area (Å²) >= 11 is 6.19. The van der Waals surface area contributed by atoms with Crippen molar-refractivity contribution >= 4 is 11.6 Å². The Morgan fingerprint density at radius 2 is 2.17 bits per heavy atom. The van der Waals surface area contributed by atoms with Crippen molar-refractivity contribution in [2.75, 3.05) is 0 Å². The van der Waals surface area contributed by atoms with Crippen molar-refractivity contribution in [3.63, 3.8) is 0 Å². The van der Waals surface area contributed by atoms with Gasteiger partial charge in [-0.1, -0.05) is 30.7 Å². The molecule has 1 heterocycles. The molecule has 2 rings (SSSR count). The standard InChI is InChI=1S/C14H18ClN3/c1-3-6-18-9-13(10(2)17-18)11-4-5-12(8-16)14(15)7-11/h4-5,7,9H,3,6,8,16H2,1-2H3. The molecule has 0 saturated heterocycles. The molecule has 0 aliphatic heterocycles. The Morgan fingerprint density at radius 1 is 1.39 bits per heavy atom. The van der Waals surface area contributed by atoms with Crippen molar-refractivity contribution in [3.8, 4) is 11.1 Å². The molecule has 0 atom stereocenters. The van der Waals surface area contributed by atoms with Gasteiger partial charge in [-0.2, -0.15) is 5.10 Å². The topological polar surface area (TPSA) is 43.8 Å². The summed E-state index contributed by atoms with van der Waals surface area (Å²) in [6.07, 6.45) is 3.15. The number of hydrogen-bond acceptors (Lipinski definition) is 2.